The van der Waals surface area contributed by atoms with E-state index in [0.29, 0.717) is 6.54 Å². The molecule has 124 valence electrons. The maximum absolute atomic E-state index is 11.6. The van der Waals surface area contributed by atoms with E-state index in [-0.39, 0.29) is 12.1 Å². The third-order valence-corrected chi connectivity index (χ3v) is 3.33. The molecule has 0 radical (unpaired) electrons. The van der Waals surface area contributed by atoms with Gasteiger partial charge in [-0.15, -0.1) is 0 Å². The molecule has 1 unspecified atom stereocenters. The van der Waals surface area contributed by atoms with Gasteiger partial charge in [0.25, 0.3) is 0 Å². The van der Waals surface area contributed by atoms with Crippen LogP contribution in [0.15, 0.2) is 36.5 Å². The fraction of sp³-hybridized carbons (Fsp3) is 0.444. The predicted molar refractivity (Wildman–Crippen MR) is 92.3 cm³/mol. The summed E-state index contributed by atoms with van der Waals surface area (Å²) in [5.74, 6) is 0. The van der Waals surface area contributed by atoms with Gasteiger partial charge in [-0.1, -0.05) is 18.2 Å². The van der Waals surface area contributed by atoms with Crippen LogP contribution in [0.3, 0.4) is 0 Å². The monoisotopic (exact) mass is 315 g/mol. The first kappa shape index (κ1) is 17.2. The number of nitrogens with one attached hydrogen (secondary N) is 2. The summed E-state index contributed by atoms with van der Waals surface area (Å²) in [6.07, 6.45) is 1.43. The van der Waals surface area contributed by atoms with Crippen molar-refractivity contribution in [2.75, 3.05) is 6.54 Å². The van der Waals surface area contributed by atoms with Crippen LogP contribution in [0.2, 0.25) is 0 Å². The van der Waals surface area contributed by atoms with Crippen molar-refractivity contribution in [1.82, 2.24) is 15.6 Å². The molecule has 0 fully saturated rings. The number of aromatic nitrogens is 1. The topological polar surface area (TPSA) is 63.2 Å². The Morgan fingerprint density at radius 3 is 2.74 bits per heavy atom. The molecule has 1 amide bonds. The zero-order chi connectivity index (χ0) is 16.9. The van der Waals surface area contributed by atoms with Crippen LogP contribution < -0.4 is 10.6 Å². The number of ether oxygens (including phenoxy) is 1. The van der Waals surface area contributed by atoms with Crippen LogP contribution >= 0.6 is 0 Å². The van der Waals surface area contributed by atoms with Crippen molar-refractivity contribution in [3.63, 3.8) is 0 Å². The average molecular weight is 315 g/mol. The Morgan fingerprint density at radius 2 is 2.00 bits per heavy atom. The molecular weight excluding hydrogens is 290 g/mol. The minimum atomic E-state index is -0.475. The third-order valence-electron chi connectivity index (χ3n) is 3.33. The normalized spacial score (nSPS) is 12.9. The first-order valence-electron chi connectivity index (χ1n) is 7.88. The number of carbonyl (C=O) groups excluding carboxylic acids is 1. The number of hydrogen-bond donors (Lipinski definition) is 2. The van der Waals surface area contributed by atoms with Crippen LogP contribution in [0.1, 0.15) is 33.3 Å². The van der Waals surface area contributed by atoms with Crippen molar-refractivity contribution >= 4 is 17.0 Å². The molecule has 0 aliphatic carbocycles. The number of nitrogens with zero attached hydrogens (tertiary/aromatic N) is 1. The minimum Gasteiger partial charge on any atom is -0.444 e. The molecular formula is C18H25N3O2. The molecule has 5 nitrogen and oxygen atoms in total. The lowest BCUT2D eigenvalue weighted by Crippen LogP contribution is -2.41. The molecule has 0 spiro atoms. The molecule has 0 saturated heterocycles. The van der Waals surface area contributed by atoms with E-state index >= 15 is 0 Å². The molecule has 1 aromatic carbocycles. The van der Waals surface area contributed by atoms with Gasteiger partial charge in [0.05, 0.1) is 5.52 Å². The molecule has 0 saturated carbocycles. The second kappa shape index (κ2) is 7.42. The van der Waals surface area contributed by atoms with Crippen molar-refractivity contribution in [1.29, 1.82) is 0 Å². The fourth-order valence-electron chi connectivity index (χ4n) is 2.22. The lowest BCUT2D eigenvalue weighted by atomic mass is 10.1. The highest BCUT2D eigenvalue weighted by Gasteiger charge is 2.16. The molecule has 0 bridgehead atoms. The lowest BCUT2D eigenvalue weighted by Gasteiger charge is -2.21. The number of alkyl carbamates (subject to hydrolysis) is 1. The molecule has 5 heteroatoms. The Hall–Kier alpha value is -2.14. The number of carbonyl (C=O) groups is 1. The van der Waals surface area contributed by atoms with Crippen LogP contribution in [0, 0.1) is 0 Å². The van der Waals surface area contributed by atoms with E-state index in [1.807, 2.05) is 58.2 Å². The molecule has 0 aliphatic rings. The maximum Gasteiger partial charge on any atom is 0.407 e. The minimum absolute atomic E-state index is 0.134. The Bertz CT molecular complexity index is 659. The first-order valence-corrected chi connectivity index (χ1v) is 7.88. The largest absolute Gasteiger partial charge is 0.444 e. The van der Waals surface area contributed by atoms with E-state index in [1.54, 1.807) is 0 Å². The molecule has 2 rings (SSSR count). The summed E-state index contributed by atoms with van der Waals surface area (Å²) in [5, 5.41) is 7.34. The summed E-state index contributed by atoms with van der Waals surface area (Å²) in [7, 11) is 0. The Kier molecular flexibility index (Phi) is 5.55. The van der Waals surface area contributed by atoms with Crippen molar-refractivity contribution in [2.24, 2.45) is 0 Å². The zero-order valence-corrected chi connectivity index (χ0v) is 14.2. The van der Waals surface area contributed by atoms with E-state index in [9.17, 15) is 4.79 Å². The molecule has 23 heavy (non-hydrogen) atoms. The zero-order valence-electron chi connectivity index (χ0n) is 14.2. The Labute approximate surface area is 137 Å². The first-order chi connectivity index (χ1) is 10.8. The SMILES string of the molecule is CC(CNC(=O)OC(C)(C)C)NCc1ccnc2ccccc12. The molecule has 2 aromatic rings. The predicted octanol–water partition coefficient (Wildman–Crippen LogP) is 3.24. The lowest BCUT2D eigenvalue weighted by molar-refractivity contribution is 0.0523. The van der Waals surface area contributed by atoms with Gasteiger partial charge in [0.1, 0.15) is 5.60 Å². The van der Waals surface area contributed by atoms with E-state index in [0.717, 1.165) is 17.4 Å². The molecule has 2 N–H and O–H groups in total. The van der Waals surface area contributed by atoms with Gasteiger partial charge in [-0.05, 0) is 45.4 Å². The van der Waals surface area contributed by atoms with E-state index in [4.69, 9.17) is 4.74 Å². The van der Waals surface area contributed by atoms with E-state index in [2.05, 4.69) is 21.7 Å². The van der Waals surface area contributed by atoms with Crippen LogP contribution in [0.5, 0.6) is 0 Å². The van der Waals surface area contributed by atoms with Gasteiger partial charge in [-0.2, -0.15) is 0 Å². The smallest absolute Gasteiger partial charge is 0.407 e. The van der Waals surface area contributed by atoms with E-state index < -0.39 is 5.60 Å². The van der Waals surface area contributed by atoms with Crippen molar-refractivity contribution in [3.05, 3.63) is 42.1 Å². The van der Waals surface area contributed by atoms with Gasteiger partial charge in [-0.3, -0.25) is 4.98 Å². The molecule has 1 aromatic heterocycles. The van der Waals surface area contributed by atoms with Gasteiger partial charge >= 0.3 is 6.09 Å². The molecule has 1 atom stereocenters. The average Bonchev–Trinajstić information content (AvgIpc) is 2.49. The number of amides is 1. The van der Waals surface area contributed by atoms with Crippen molar-refractivity contribution in [3.8, 4) is 0 Å². The summed E-state index contributed by atoms with van der Waals surface area (Å²) in [6, 6.07) is 10.2. The van der Waals surface area contributed by atoms with Gasteiger partial charge in [0.2, 0.25) is 0 Å². The summed E-state index contributed by atoms with van der Waals surface area (Å²) in [6.45, 7) is 8.81. The molecule has 1 heterocycles. The number of pyridine rings is 1. The quantitative estimate of drug-likeness (QED) is 0.889. The van der Waals surface area contributed by atoms with E-state index in [1.165, 1.54) is 5.56 Å². The van der Waals surface area contributed by atoms with Crippen LogP contribution in [-0.4, -0.2) is 29.3 Å². The Balaban J connectivity index is 1.84. The van der Waals surface area contributed by atoms with Gasteiger partial charge < -0.3 is 15.4 Å². The van der Waals surface area contributed by atoms with Gasteiger partial charge in [-0.25, -0.2) is 4.79 Å². The van der Waals surface area contributed by atoms with Crippen LogP contribution in [0.4, 0.5) is 4.79 Å². The summed E-state index contributed by atoms with van der Waals surface area (Å²) >= 11 is 0. The number of para-hydroxylation sites is 1. The van der Waals surface area contributed by atoms with Crippen molar-refractivity contribution in [2.45, 2.75) is 45.9 Å². The third kappa shape index (κ3) is 5.53. The summed E-state index contributed by atoms with van der Waals surface area (Å²) in [5.41, 5.74) is 1.71. The highest BCUT2D eigenvalue weighted by Crippen LogP contribution is 2.15. The molecule has 0 aliphatic heterocycles. The number of rotatable bonds is 5. The Morgan fingerprint density at radius 1 is 1.26 bits per heavy atom. The number of fused-ring (bicyclic) bond motifs is 1. The highest BCUT2D eigenvalue weighted by atomic mass is 16.6. The standard InChI is InChI=1S/C18H25N3O2/c1-13(11-21-17(22)23-18(2,3)4)20-12-14-9-10-19-16-8-6-5-7-15(14)16/h5-10,13,20H,11-12H2,1-4H3,(H,21,22). The van der Waals surface area contributed by atoms with Gasteiger partial charge in [0, 0.05) is 30.7 Å². The fourth-order valence-corrected chi connectivity index (χ4v) is 2.22. The second-order valence-corrected chi connectivity index (χ2v) is 6.65. The maximum atomic E-state index is 11.6. The number of hydrogen-bond acceptors (Lipinski definition) is 4. The summed E-state index contributed by atoms with van der Waals surface area (Å²) in [4.78, 5) is 16.0. The van der Waals surface area contributed by atoms with Gasteiger partial charge in [0.15, 0.2) is 0 Å². The van der Waals surface area contributed by atoms with Crippen LogP contribution in [-0.2, 0) is 11.3 Å². The number of benzene rings is 1. The van der Waals surface area contributed by atoms with Crippen molar-refractivity contribution < 1.29 is 9.53 Å². The highest BCUT2D eigenvalue weighted by molar-refractivity contribution is 5.81. The second-order valence-electron chi connectivity index (χ2n) is 6.65. The summed E-state index contributed by atoms with van der Waals surface area (Å²) < 4.78 is 5.22. The van der Waals surface area contributed by atoms with Crippen LogP contribution in [0.25, 0.3) is 10.9 Å².